The van der Waals surface area contributed by atoms with Crippen LogP contribution in [0, 0.1) is 0 Å². The maximum Gasteiger partial charge on any atom is 0.418 e. The molecule has 0 saturated carbocycles. The van der Waals surface area contributed by atoms with Gasteiger partial charge < -0.3 is 34.6 Å². The van der Waals surface area contributed by atoms with Gasteiger partial charge in [0.2, 0.25) is 11.9 Å². The zero-order chi connectivity index (χ0) is 32.6. The molecule has 2 aliphatic heterocycles. The standard InChI is InChI=1S/C28H28BClFN8O5PS/c1-42-27-36-25(35-26(37-27)38-11-13-39(29)14-12-38)34-20-15-16(46(2,40)41)8-9-19(20)33-22(23-18(30)6-4-10-32-23)17-5-3-7-21-24(17)44-28(31,45)43-21/h3-10,15,22,33H,11-14,45H2,1-2H3,(H,34,35,36,37). The number of sulfone groups is 1. The maximum absolute atomic E-state index is 14.8. The van der Waals surface area contributed by atoms with E-state index in [9.17, 15) is 12.8 Å². The molecule has 6 rings (SSSR count). The van der Waals surface area contributed by atoms with Gasteiger partial charge in [0.15, 0.2) is 29.3 Å². The molecule has 3 atom stereocenters. The van der Waals surface area contributed by atoms with E-state index >= 15 is 0 Å². The van der Waals surface area contributed by atoms with Crippen molar-refractivity contribution in [3.05, 3.63) is 71.0 Å². The smallest absolute Gasteiger partial charge is 0.418 e. The van der Waals surface area contributed by atoms with Gasteiger partial charge >= 0.3 is 11.8 Å². The molecule has 1 fully saturated rings. The molecule has 0 amide bonds. The molecule has 2 aromatic heterocycles. The van der Waals surface area contributed by atoms with E-state index in [1.807, 2.05) is 14.1 Å². The normalized spacial score (nSPS) is 18.7. The van der Waals surface area contributed by atoms with Crippen molar-refractivity contribution in [1.82, 2.24) is 24.7 Å². The summed E-state index contributed by atoms with van der Waals surface area (Å²) in [5, 5.41) is 6.84. The van der Waals surface area contributed by atoms with Gasteiger partial charge in [0.1, 0.15) is 0 Å². The second-order valence-electron chi connectivity index (χ2n) is 10.5. The summed E-state index contributed by atoms with van der Waals surface area (Å²) in [6, 6.07) is 12.0. The highest BCUT2D eigenvalue weighted by Crippen LogP contribution is 2.49. The van der Waals surface area contributed by atoms with Crippen LogP contribution in [0.5, 0.6) is 17.5 Å². The first-order valence-electron chi connectivity index (χ1n) is 13.9. The van der Waals surface area contributed by atoms with Gasteiger partial charge in [0.25, 0.3) is 0 Å². The molecular formula is C28H28BClFN8O5PS. The number of hydrogen-bond donors (Lipinski definition) is 2. The van der Waals surface area contributed by atoms with Gasteiger partial charge in [-0.1, -0.05) is 23.7 Å². The largest absolute Gasteiger partial charge is 0.467 e. The molecule has 2 radical (unpaired) electrons. The summed E-state index contributed by atoms with van der Waals surface area (Å²) in [4.78, 5) is 21.5. The number of benzene rings is 2. The summed E-state index contributed by atoms with van der Waals surface area (Å²) in [6.45, 7) is 2.37. The van der Waals surface area contributed by atoms with Crippen LogP contribution in [0.2, 0.25) is 5.02 Å². The molecule has 46 heavy (non-hydrogen) atoms. The average molecular weight is 685 g/mol. The van der Waals surface area contributed by atoms with E-state index in [0.29, 0.717) is 59.8 Å². The Kier molecular flexibility index (Phi) is 8.81. The highest BCUT2D eigenvalue weighted by atomic mass is 35.5. The lowest BCUT2D eigenvalue weighted by Crippen LogP contribution is -2.45. The van der Waals surface area contributed by atoms with E-state index in [2.05, 4.69) is 30.6 Å². The van der Waals surface area contributed by atoms with Crippen molar-refractivity contribution < 1.29 is 27.0 Å². The van der Waals surface area contributed by atoms with Crippen LogP contribution in [0.15, 0.2) is 59.6 Å². The highest BCUT2D eigenvalue weighted by molar-refractivity contribution is 7.90. The third kappa shape index (κ3) is 6.89. The van der Waals surface area contributed by atoms with E-state index in [1.54, 1.807) is 47.4 Å². The van der Waals surface area contributed by atoms with Crippen molar-refractivity contribution >= 4 is 61.9 Å². The second kappa shape index (κ2) is 12.7. The molecule has 1 saturated heterocycles. The molecule has 2 N–H and O–H groups in total. The Morgan fingerprint density at radius 3 is 2.59 bits per heavy atom. The molecule has 0 spiro atoms. The van der Waals surface area contributed by atoms with Gasteiger partial charge in [-0.2, -0.15) is 19.3 Å². The molecule has 4 heterocycles. The fourth-order valence-electron chi connectivity index (χ4n) is 4.98. The Balaban J connectivity index is 1.44. The lowest BCUT2D eigenvalue weighted by molar-refractivity contribution is -0.105. The number of anilines is 4. The van der Waals surface area contributed by atoms with Crippen LogP contribution in [0.25, 0.3) is 0 Å². The summed E-state index contributed by atoms with van der Waals surface area (Å²) in [5.41, 5.74) is 1.55. The van der Waals surface area contributed by atoms with Crippen LogP contribution in [-0.2, 0) is 9.84 Å². The minimum atomic E-state index is -3.62. The van der Waals surface area contributed by atoms with E-state index < -0.39 is 21.7 Å². The van der Waals surface area contributed by atoms with Crippen molar-refractivity contribution in [3.63, 3.8) is 0 Å². The van der Waals surface area contributed by atoms with E-state index in [4.69, 9.17) is 33.8 Å². The number of alkyl halides is 1. The number of nitrogens with zero attached hydrogens (tertiary/aromatic N) is 6. The molecular weight excluding hydrogens is 657 g/mol. The summed E-state index contributed by atoms with van der Waals surface area (Å²) in [7, 11) is 5.61. The van der Waals surface area contributed by atoms with Gasteiger partial charge in [-0.25, -0.2) is 8.42 Å². The minimum absolute atomic E-state index is 0.0378. The topological polar surface area (TPSA) is 144 Å². The van der Waals surface area contributed by atoms with Gasteiger partial charge in [-0.3, -0.25) is 4.98 Å². The van der Waals surface area contributed by atoms with Gasteiger partial charge in [0.05, 0.1) is 40.1 Å². The molecule has 18 heteroatoms. The zero-order valence-electron chi connectivity index (χ0n) is 24.6. The predicted molar refractivity (Wildman–Crippen MR) is 175 cm³/mol. The van der Waals surface area contributed by atoms with Crippen LogP contribution in [0.4, 0.5) is 27.7 Å². The van der Waals surface area contributed by atoms with Crippen molar-refractivity contribution in [2.45, 2.75) is 16.7 Å². The quantitative estimate of drug-likeness (QED) is 0.196. The van der Waals surface area contributed by atoms with Crippen molar-refractivity contribution in [2.24, 2.45) is 0 Å². The summed E-state index contributed by atoms with van der Waals surface area (Å²) >= 11 is 6.63. The summed E-state index contributed by atoms with van der Waals surface area (Å²) in [6.07, 6.45) is 2.67. The monoisotopic (exact) mass is 684 g/mol. The number of rotatable bonds is 9. The minimum Gasteiger partial charge on any atom is -0.467 e. The number of pyridine rings is 1. The Labute approximate surface area is 273 Å². The third-order valence-electron chi connectivity index (χ3n) is 7.22. The van der Waals surface area contributed by atoms with Gasteiger partial charge in [-0.15, -0.1) is 0 Å². The molecule has 4 aromatic rings. The van der Waals surface area contributed by atoms with Crippen molar-refractivity contribution in [2.75, 3.05) is 55.1 Å². The van der Waals surface area contributed by atoms with Gasteiger partial charge in [0, 0.05) is 44.2 Å². The van der Waals surface area contributed by atoms with Gasteiger partial charge in [-0.05, 0) is 45.6 Å². The highest BCUT2D eigenvalue weighted by Gasteiger charge is 2.40. The van der Waals surface area contributed by atoms with Crippen LogP contribution in [-0.4, -0.2) is 86.5 Å². The number of nitrogens with one attached hydrogen (secondary N) is 2. The first-order chi connectivity index (χ1) is 21.9. The van der Waals surface area contributed by atoms with E-state index in [1.165, 1.54) is 19.2 Å². The van der Waals surface area contributed by atoms with E-state index in [0.717, 1.165) is 6.26 Å². The fourth-order valence-corrected chi connectivity index (χ4v) is 6.10. The number of halogens is 2. The Morgan fingerprint density at radius 2 is 1.87 bits per heavy atom. The van der Waals surface area contributed by atoms with Crippen LogP contribution < -0.4 is 29.7 Å². The molecule has 0 aliphatic carbocycles. The molecule has 238 valence electrons. The summed E-state index contributed by atoms with van der Waals surface area (Å²) < 4.78 is 56.2. The van der Waals surface area contributed by atoms with Crippen molar-refractivity contribution in [1.29, 1.82) is 0 Å². The predicted octanol–water partition coefficient (Wildman–Crippen LogP) is 3.71. The average Bonchev–Trinajstić information content (AvgIpc) is 3.34. The number of ether oxygens (including phenoxy) is 3. The third-order valence-corrected chi connectivity index (χ3v) is 8.88. The number of methoxy groups -OCH3 is 1. The Morgan fingerprint density at radius 1 is 1.09 bits per heavy atom. The first-order valence-corrected chi connectivity index (χ1v) is 16.8. The van der Waals surface area contributed by atoms with Crippen LogP contribution in [0.1, 0.15) is 17.3 Å². The fraction of sp³-hybridized carbons (Fsp3) is 0.286. The first kappa shape index (κ1) is 32.0. The number of hydrogen-bond acceptors (Lipinski definition) is 13. The molecule has 3 unspecified atom stereocenters. The molecule has 2 aliphatic rings. The number of aromatic nitrogens is 4. The molecule has 13 nitrogen and oxygen atoms in total. The SMILES string of the molecule is [B]N1CCN(c2nc(Nc3cc(S(C)(=O)=O)ccc3NC(c3cccc4c3OC(F)(P)O4)c3ncccc3Cl)nc(OC)n2)CC1. The van der Waals surface area contributed by atoms with Crippen LogP contribution >= 0.6 is 20.8 Å². The zero-order valence-corrected chi connectivity index (χ0v) is 27.4. The molecule has 2 aromatic carbocycles. The van der Waals surface area contributed by atoms with Crippen molar-refractivity contribution in [3.8, 4) is 17.5 Å². The number of fused-ring (bicyclic) bond motifs is 1. The maximum atomic E-state index is 14.8. The van der Waals surface area contributed by atoms with E-state index in [-0.39, 0.29) is 28.4 Å². The lowest BCUT2D eigenvalue weighted by Gasteiger charge is -2.32. The van der Waals surface area contributed by atoms with Crippen LogP contribution in [0.3, 0.4) is 0 Å². The second-order valence-corrected chi connectivity index (χ2v) is 13.6. The number of para-hydroxylation sites is 1. The Bertz CT molecular complexity index is 1890. The number of piperazine rings is 1. The lowest BCUT2D eigenvalue weighted by atomic mass is 10.0. The summed E-state index contributed by atoms with van der Waals surface area (Å²) in [5.74, 6) is -1.68. The molecule has 0 bridgehead atoms. The Hall–Kier alpha value is -3.98.